The van der Waals surface area contributed by atoms with Crippen molar-refractivity contribution in [2.24, 2.45) is 0 Å². The molecular weight excluding hydrogens is 117 g/mol. The molecule has 0 fully saturated rings. The van der Waals surface area contributed by atoms with Gasteiger partial charge in [-0.15, -0.1) is 0 Å². The van der Waals surface area contributed by atoms with E-state index in [4.69, 9.17) is 5.26 Å². The fraction of sp³-hybridized carbons (Fsp3) is 0.125. The topological polar surface area (TPSA) is 23.8 Å². The normalized spacial score (nSPS) is 7.00. The van der Waals surface area contributed by atoms with Crippen molar-refractivity contribution >= 4 is 22.0 Å². The second-order valence-corrected chi connectivity index (χ2v) is 1.88. The van der Waals surface area contributed by atoms with E-state index in [9.17, 15) is 0 Å². The molecule has 0 atom stereocenters. The van der Waals surface area contributed by atoms with Crippen LogP contribution in [0.3, 0.4) is 0 Å². The third-order valence-electron chi connectivity index (χ3n) is 0.940. The molecule has 1 aromatic carbocycles. The van der Waals surface area contributed by atoms with Crippen molar-refractivity contribution in [1.29, 1.82) is 5.26 Å². The molecule has 10 heavy (non-hydrogen) atoms. The molecule has 0 bridgehead atoms. The Labute approximate surface area is 70.9 Å². The summed E-state index contributed by atoms with van der Waals surface area (Å²) in [4.78, 5) is 0. The molecule has 0 aliphatic carbocycles. The van der Waals surface area contributed by atoms with Gasteiger partial charge in [-0.3, -0.25) is 0 Å². The Morgan fingerprint density at radius 1 is 1.30 bits per heavy atom. The average molecular weight is 125 g/mol. The maximum absolute atomic E-state index is 7.32. The van der Waals surface area contributed by atoms with Gasteiger partial charge in [0.15, 0.2) is 0 Å². The van der Waals surface area contributed by atoms with Crippen LogP contribution in [0.1, 0.15) is 6.92 Å². The Morgan fingerprint density at radius 3 is 1.90 bits per heavy atom. The Hall–Kier alpha value is -0.693. The summed E-state index contributed by atoms with van der Waals surface area (Å²) in [6, 6.07) is 12.0. The maximum atomic E-state index is 7.32. The van der Waals surface area contributed by atoms with Crippen LogP contribution in [0, 0.1) is 11.3 Å². The molecule has 0 aliphatic rings. The third-order valence-corrected chi connectivity index (χ3v) is 0.940. The number of hydrogen-bond acceptors (Lipinski definition) is 1. The van der Waals surface area contributed by atoms with Crippen LogP contribution in [0.4, 0.5) is 0 Å². The van der Waals surface area contributed by atoms with E-state index in [2.05, 4.69) is 29.8 Å². The summed E-state index contributed by atoms with van der Waals surface area (Å²) in [5.74, 6) is 0. The summed E-state index contributed by atoms with van der Waals surface area (Å²) < 4.78 is 1.32. The van der Waals surface area contributed by atoms with Crippen molar-refractivity contribution in [2.45, 2.75) is 6.92 Å². The van der Waals surface area contributed by atoms with E-state index in [1.54, 1.807) is 6.07 Å². The van der Waals surface area contributed by atoms with Crippen LogP contribution in [-0.2, 0) is 0 Å². The molecule has 0 N–H and O–H groups in total. The molecule has 2 heteroatoms. The molecule has 0 aliphatic heterocycles. The van der Waals surface area contributed by atoms with Gasteiger partial charge >= 0.3 is 52.3 Å². The standard InChI is InChI=1S/C6H5.C2H3N.Li/c1-2-4-6-5-3-1;1-2-3;/h1-5H;1H3;. The van der Waals surface area contributed by atoms with Gasteiger partial charge < -0.3 is 0 Å². The first-order chi connectivity index (χ1) is 4.81. The summed E-state index contributed by atoms with van der Waals surface area (Å²) in [7, 11) is 0. The minimum atomic E-state index is 1.32. The monoisotopic (exact) mass is 125 g/mol. The second kappa shape index (κ2) is 6.43. The zero-order chi connectivity index (χ0) is 7.82. The van der Waals surface area contributed by atoms with Crippen LogP contribution in [0.2, 0.25) is 0 Å². The predicted molar refractivity (Wildman–Crippen MR) is 43.1 cm³/mol. The SMILES string of the molecule is CC#N.[Li][c]1ccccc1. The molecule has 46 valence electrons. The Balaban J connectivity index is 0.000000236. The van der Waals surface area contributed by atoms with Crippen molar-refractivity contribution in [2.75, 3.05) is 0 Å². The molecule has 0 amide bonds. The van der Waals surface area contributed by atoms with Crippen molar-refractivity contribution in [3.8, 4) is 6.07 Å². The van der Waals surface area contributed by atoms with E-state index < -0.39 is 0 Å². The van der Waals surface area contributed by atoms with Gasteiger partial charge in [0.25, 0.3) is 0 Å². The summed E-state index contributed by atoms with van der Waals surface area (Å²) in [6.07, 6.45) is 0. The summed E-state index contributed by atoms with van der Waals surface area (Å²) in [6.45, 7) is 1.43. The Morgan fingerprint density at radius 2 is 1.70 bits per heavy atom. The van der Waals surface area contributed by atoms with Crippen LogP contribution in [0.15, 0.2) is 30.3 Å². The van der Waals surface area contributed by atoms with Gasteiger partial charge in [-0.1, -0.05) is 0 Å². The summed E-state index contributed by atoms with van der Waals surface area (Å²) in [5, 5.41) is 7.32. The molecule has 0 radical (unpaired) electrons. The van der Waals surface area contributed by atoms with Gasteiger partial charge in [0.1, 0.15) is 0 Å². The van der Waals surface area contributed by atoms with Crippen LogP contribution in [0.25, 0.3) is 0 Å². The zero-order valence-electron chi connectivity index (χ0n) is 6.33. The molecule has 0 saturated heterocycles. The van der Waals surface area contributed by atoms with Gasteiger partial charge in [0, 0.05) is 6.92 Å². The van der Waals surface area contributed by atoms with E-state index >= 15 is 0 Å². The zero-order valence-corrected chi connectivity index (χ0v) is 6.33. The fourth-order valence-corrected chi connectivity index (χ4v) is 0.534. The number of nitriles is 1. The van der Waals surface area contributed by atoms with E-state index in [1.165, 1.54) is 11.2 Å². The molecule has 0 aromatic heterocycles. The summed E-state index contributed by atoms with van der Waals surface area (Å²) in [5.41, 5.74) is 0. The fourth-order valence-electron chi connectivity index (χ4n) is 0.534. The quantitative estimate of drug-likeness (QED) is 0.475. The Bertz CT molecular complexity index is 200. The van der Waals surface area contributed by atoms with Gasteiger partial charge in [-0.2, -0.15) is 5.26 Å². The van der Waals surface area contributed by atoms with E-state index in [-0.39, 0.29) is 0 Å². The van der Waals surface area contributed by atoms with Crippen molar-refractivity contribution in [3.63, 3.8) is 0 Å². The van der Waals surface area contributed by atoms with E-state index in [0.29, 0.717) is 0 Å². The average Bonchev–Trinajstić information content (AvgIpc) is 1.91. The third kappa shape index (κ3) is 5.44. The number of nitrogens with zero attached hydrogens (tertiary/aromatic N) is 1. The van der Waals surface area contributed by atoms with Crippen molar-refractivity contribution < 1.29 is 0 Å². The van der Waals surface area contributed by atoms with Gasteiger partial charge in [-0.25, -0.2) is 0 Å². The van der Waals surface area contributed by atoms with Gasteiger partial charge in [0.05, 0.1) is 6.07 Å². The Kier molecular flexibility index (Phi) is 5.98. The molecule has 1 nitrogen and oxygen atoms in total. The van der Waals surface area contributed by atoms with Crippen molar-refractivity contribution in [1.82, 2.24) is 0 Å². The van der Waals surface area contributed by atoms with Crippen LogP contribution in [0.5, 0.6) is 0 Å². The predicted octanol–water partition coefficient (Wildman–Crippen LogP) is 1.01. The van der Waals surface area contributed by atoms with Crippen LogP contribution >= 0.6 is 0 Å². The molecule has 0 heterocycles. The van der Waals surface area contributed by atoms with Gasteiger partial charge in [0.2, 0.25) is 0 Å². The first-order valence-electron chi connectivity index (χ1n) is 3.13. The number of hydrogen-bond donors (Lipinski definition) is 0. The minimum absolute atomic E-state index is 1.32. The summed E-state index contributed by atoms with van der Waals surface area (Å²) >= 11 is 2.08. The molecule has 0 saturated carbocycles. The molecule has 1 aromatic rings. The van der Waals surface area contributed by atoms with Crippen molar-refractivity contribution in [3.05, 3.63) is 30.3 Å². The first kappa shape index (κ1) is 9.31. The van der Waals surface area contributed by atoms with Crippen LogP contribution < -0.4 is 4.24 Å². The van der Waals surface area contributed by atoms with E-state index in [1.807, 2.05) is 18.2 Å². The molecular formula is C8H8LiN. The second-order valence-electron chi connectivity index (χ2n) is 1.88. The molecule has 0 unspecified atom stereocenters. The molecule has 0 spiro atoms. The molecule has 1 rings (SSSR count). The number of benzene rings is 1. The first-order valence-corrected chi connectivity index (χ1v) is 3.13. The van der Waals surface area contributed by atoms with Gasteiger partial charge in [-0.05, 0) is 0 Å². The van der Waals surface area contributed by atoms with E-state index in [0.717, 1.165) is 0 Å². The van der Waals surface area contributed by atoms with Crippen LogP contribution in [-0.4, -0.2) is 17.7 Å². The number of rotatable bonds is 0.